The molecule has 1 aromatic carbocycles. The highest BCUT2D eigenvalue weighted by Crippen LogP contribution is 2.21. The van der Waals surface area contributed by atoms with Gasteiger partial charge in [-0.05, 0) is 44.3 Å². The van der Waals surface area contributed by atoms with Gasteiger partial charge in [-0.1, -0.05) is 30.3 Å². The van der Waals surface area contributed by atoms with Crippen LogP contribution in [-0.4, -0.2) is 48.1 Å². The zero-order valence-electron chi connectivity index (χ0n) is 12.6. The Balaban J connectivity index is 1.42. The number of nitrogens with one attached hydrogen (secondary N) is 1. The van der Waals surface area contributed by atoms with Crippen LogP contribution in [0.3, 0.4) is 0 Å². The Hall–Kier alpha value is -1.55. The lowest BCUT2D eigenvalue weighted by atomic mass is 10.0. The number of nitrogens with zero attached hydrogens (tertiary/aromatic N) is 2. The number of rotatable bonds is 3. The molecule has 0 saturated carbocycles. The molecule has 2 aliphatic rings. The van der Waals surface area contributed by atoms with Gasteiger partial charge in [-0.3, -0.25) is 0 Å². The average molecular weight is 287 g/mol. The van der Waals surface area contributed by atoms with E-state index in [9.17, 15) is 4.79 Å². The topological polar surface area (TPSA) is 35.6 Å². The van der Waals surface area contributed by atoms with Crippen molar-refractivity contribution in [2.75, 3.05) is 26.2 Å². The highest BCUT2D eigenvalue weighted by molar-refractivity contribution is 5.74. The minimum Gasteiger partial charge on any atom is -0.334 e. The second kappa shape index (κ2) is 6.94. The summed E-state index contributed by atoms with van der Waals surface area (Å²) < 4.78 is 0. The predicted molar refractivity (Wildman–Crippen MR) is 84.1 cm³/mol. The molecule has 4 nitrogen and oxygen atoms in total. The first-order valence-electron chi connectivity index (χ1n) is 8.14. The molecular formula is C17H25N3O. The van der Waals surface area contributed by atoms with E-state index in [-0.39, 0.29) is 6.03 Å². The molecule has 0 spiro atoms. The molecule has 0 radical (unpaired) electrons. The molecule has 0 unspecified atom stereocenters. The number of benzene rings is 1. The summed E-state index contributed by atoms with van der Waals surface area (Å²) in [5.74, 6) is 0. The van der Waals surface area contributed by atoms with Gasteiger partial charge in [-0.25, -0.2) is 4.79 Å². The van der Waals surface area contributed by atoms with Crippen LogP contribution in [0.5, 0.6) is 0 Å². The second-order valence-corrected chi connectivity index (χ2v) is 6.11. The van der Waals surface area contributed by atoms with Gasteiger partial charge in [0.25, 0.3) is 0 Å². The van der Waals surface area contributed by atoms with Gasteiger partial charge in [0.05, 0.1) is 0 Å². The molecule has 2 saturated heterocycles. The molecule has 0 bridgehead atoms. The minimum atomic E-state index is 0.0822. The van der Waals surface area contributed by atoms with E-state index in [1.54, 1.807) is 0 Å². The molecular weight excluding hydrogens is 262 g/mol. The maximum absolute atomic E-state index is 12.2. The van der Waals surface area contributed by atoms with Gasteiger partial charge in [0.1, 0.15) is 0 Å². The van der Waals surface area contributed by atoms with E-state index < -0.39 is 0 Å². The molecule has 4 heteroatoms. The third-order valence-electron chi connectivity index (χ3n) is 4.70. The van der Waals surface area contributed by atoms with E-state index in [2.05, 4.69) is 10.2 Å². The fraction of sp³-hybridized carbons (Fsp3) is 0.588. The van der Waals surface area contributed by atoms with Crippen LogP contribution in [0.1, 0.15) is 31.2 Å². The molecule has 2 amide bonds. The molecule has 2 aliphatic heterocycles. The van der Waals surface area contributed by atoms with Crippen LogP contribution in [0, 0.1) is 0 Å². The Bertz CT molecular complexity index is 448. The molecule has 2 heterocycles. The van der Waals surface area contributed by atoms with Crippen molar-refractivity contribution in [2.24, 2.45) is 0 Å². The van der Waals surface area contributed by atoms with Gasteiger partial charge in [0.2, 0.25) is 0 Å². The Labute approximate surface area is 127 Å². The summed E-state index contributed by atoms with van der Waals surface area (Å²) in [7, 11) is 0. The van der Waals surface area contributed by atoms with Gasteiger partial charge in [-0.2, -0.15) is 0 Å². The van der Waals surface area contributed by atoms with Crippen molar-refractivity contribution >= 4 is 6.03 Å². The molecule has 0 aliphatic carbocycles. The normalized spacial score (nSPS) is 20.7. The SMILES string of the molecule is O=C(NCc1ccccc1)N1CCC(N2CCCC2)CC1. The van der Waals surface area contributed by atoms with Crippen LogP contribution in [0.15, 0.2) is 30.3 Å². The number of hydrogen-bond acceptors (Lipinski definition) is 2. The van der Waals surface area contributed by atoms with Gasteiger partial charge in [0, 0.05) is 25.7 Å². The molecule has 114 valence electrons. The standard InChI is InChI=1S/C17H25N3O/c21-17(18-14-15-6-2-1-3-7-15)20-12-8-16(9-13-20)19-10-4-5-11-19/h1-3,6-7,16H,4-5,8-14H2,(H,18,21). The summed E-state index contributed by atoms with van der Waals surface area (Å²) >= 11 is 0. The van der Waals surface area contributed by atoms with Crippen LogP contribution in [-0.2, 0) is 6.54 Å². The van der Waals surface area contributed by atoms with Crippen LogP contribution < -0.4 is 5.32 Å². The highest BCUT2D eigenvalue weighted by Gasteiger charge is 2.27. The number of hydrogen-bond donors (Lipinski definition) is 1. The van der Waals surface area contributed by atoms with Gasteiger partial charge < -0.3 is 15.1 Å². The first-order valence-corrected chi connectivity index (χ1v) is 8.14. The lowest BCUT2D eigenvalue weighted by Crippen LogP contribution is -2.48. The van der Waals surface area contributed by atoms with E-state index in [0.29, 0.717) is 12.6 Å². The number of amides is 2. The summed E-state index contributed by atoms with van der Waals surface area (Å²) in [4.78, 5) is 16.8. The number of piperidine rings is 1. The summed E-state index contributed by atoms with van der Waals surface area (Å²) in [6.45, 7) is 4.91. The third kappa shape index (κ3) is 3.76. The van der Waals surface area contributed by atoms with Crippen molar-refractivity contribution in [3.63, 3.8) is 0 Å². The van der Waals surface area contributed by atoms with Crippen molar-refractivity contribution < 1.29 is 4.79 Å². The molecule has 1 N–H and O–H groups in total. The maximum Gasteiger partial charge on any atom is 0.317 e. The fourth-order valence-corrected chi connectivity index (χ4v) is 3.43. The van der Waals surface area contributed by atoms with Gasteiger partial charge >= 0.3 is 6.03 Å². The second-order valence-electron chi connectivity index (χ2n) is 6.11. The van der Waals surface area contributed by atoms with E-state index >= 15 is 0 Å². The van der Waals surface area contributed by atoms with E-state index in [1.165, 1.54) is 25.9 Å². The molecule has 21 heavy (non-hydrogen) atoms. The van der Waals surface area contributed by atoms with Gasteiger partial charge in [-0.15, -0.1) is 0 Å². The summed E-state index contributed by atoms with van der Waals surface area (Å²) in [5, 5.41) is 3.03. The smallest absolute Gasteiger partial charge is 0.317 e. The zero-order chi connectivity index (χ0) is 14.5. The van der Waals surface area contributed by atoms with Crippen molar-refractivity contribution in [3.8, 4) is 0 Å². The summed E-state index contributed by atoms with van der Waals surface area (Å²) in [6, 6.07) is 10.9. The first-order chi connectivity index (χ1) is 10.3. The van der Waals surface area contributed by atoms with Gasteiger partial charge in [0.15, 0.2) is 0 Å². The Morgan fingerprint density at radius 1 is 1.05 bits per heavy atom. The Morgan fingerprint density at radius 3 is 2.38 bits per heavy atom. The van der Waals surface area contributed by atoms with Crippen LogP contribution in [0.25, 0.3) is 0 Å². The number of likely N-dealkylation sites (tertiary alicyclic amines) is 2. The third-order valence-corrected chi connectivity index (χ3v) is 4.70. The quantitative estimate of drug-likeness (QED) is 0.927. The lowest BCUT2D eigenvalue weighted by Gasteiger charge is -2.36. The molecule has 0 aromatic heterocycles. The highest BCUT2D eigenvalue weighted by atomic mass is 16.2. The molecule has 1 aromatic rings. The first kappa shape index (κ1) is 14.4. The lowest BCUT2D eigenvalue weighted by molar-refractivity contribution is 0.134. The van der Waals surface area contributed by atoms with Crippen LogP contribution >= 0.6 is 0 Å². The zero-order valence-corrected chi connectivity index (χ0v) is 12.6. The number of carbonyl (C=O) groups is 1. The van der Waals surface area contributed by atoms with Crippen LogP contribution in [0.4, 0.5) is 4.79 Å². The van der Waals surface area contributed by atoms with E-state index in [4.69, 9.17) is 0 Å². The fourth-order valence-electron chi connectivity index (χ4n) is 3.43. The Morgan fingerprint density at radius 2 is 1.71 bits per heavy atom. The number of urea groups is 1. The summed E-state index contributed by atoms with van der Waals surface area (Å²) in [6.07, 6.45) is 4.94. The number of carbonyl (C=O) groups excluding carboxylic acids is 1. The van der Waals surface area contributed by atoms with Crippen LogP contribution in [0.2, 0.25) is 0 Å². The van der Waals surface area contributed by atoms with Crippen molar-refractivity contribution in [1.29, 1.82) is 0 Å². The molecule has 3 rings (SSSR count). The van der Waals surface area contributed by atoms with Crippen molar-refractivity contribution in [2.45, 2.75) is 38.3 Å². The molecule has 0 atom stereocenters. The minimum absolute atomic E-state index is 0.0822. The van der Waals surface area contributed by atoms with E-state index in [0.717, 1.165) is 31.5 Å². The monoisotopic (exact) mass is 287 g/mol. The maximum atomic E-state index is 12.2. The van der Waals surface area contributed by atoms with Crippen molar-refractivity contribution in [3.05, 3.63) is 35.9 Å². The summed E-state index contributed by atoms with van der Waals surface area (Å²) in [5.41, 5.74) is 1.15. The Kier molecular flexibility index (Phi) is 4.76. The van der Waals surface area contributed by atoms with E-state index in [1.807, 2.05) is 35.2 Å². The van der Waals surface area contributed by atoms with Crippen molar-refractivity contribution in [1.82, 2.24) is 15.1 Å². The predicted octanol–water partition coefficient (Wildman–Crippen LogP) is 2.46. The average Bonchev–Trinajstić information content (AvgIpc) is 3.08. The largest absolute Gasteiger partial charge is 0.334 e. The molecule has 2 fully saturated rings.